The van der Waals surface area contributed by atoms with Crippen LogP contribution >= 0.6 is 11.6 Å². The number of alkyl halides is 3. The molecule has 3 aliphatic heterocycles. The average molecular weight is 571 g/mol. The van der Waals surface area contributed by atoms with Crippen molar-refractivity contribution >= 4 is 23.4 Å². The van der Waals surface area contributed by atoms with Crippen LogP contribution in [0.1, 0.15) is 36.3 Å². The monoisotopic (exact) mass is 570 g/mol. The number of fused-ring (bicyclic) bond motifs is 3. The van der Waals surface area contributed by atoms with Crippen molar-refractivity contribution in [3.05, 3.63) is 58.3 Å². The summed E-state index contributed by atoms with van der Waals surface area (Å²) in [7, 11) is 0. The minimum absolute atomic E-state index is 0.0343. The minimum atomic E-state index is -4.16. The summed E-state index contributed by atoms with van der Waals surface area (Å²) in [5.41, 5.74) is -0.329. The van der Waals surface area contributed by atoms with Crippen LogP contribution in [-0.4, -0.2) is 62.5 Å². The van der Waals surface area contributed by atoms with Crippen LogP contribution in [0.25, 0.3) is 5.69 Å². The van der Waals surface area contributed by atoms with Crippen molar-refractivity contribution in [1.82, 2.24) is 24.6 Å². The summed E-state index contributed by atoms with van der Waals surface area (Å²) in [6.45, 7) is 3.88. The zero-order chi connectivity index (χ0) is 27.7. The van der Waals surface area contributed by atoms with Gasteiger partial charge >= 0.3 is 6.18 Å². The summed E-state index contributed by atoms with van der Waals surface area (Å²) in [5, 5.41) is 18.7. The molecular formula is C27H23ClF4N8. The SMILES string of the molecule is N#Cc1nc(N2CC3(C2)CN(c2nnc4n2-c2ccc(Cl)cc2CN(C25CC(C(F)(F)F)(C2)C5)C4)C3)ccc1F. The molecule has 3 saturated carbocycles. The number of hydrogen-bond donors (Lipinski definition) is 0. The summed E-state index contributed by atoms with van der Waals surface area (Å²) < 4.78 is 56.4. The normalized spacial score (nSPS) is 27.9. The fourth-order valence-electron chi connectivity index (χ4n) is 7.61. The highest BCUT2D eigenvalue weighted by Crippen LogP contribution is 2.75. The molecule has 2 aromatic heterocycles. The van der Waals surface area contributed by atoms with E-state index in [2.05, 4.69) is 25.0 Å². The van der Waals surface area contributed by atoms with Crippen molar-refractivity contribution in [2.45, 2.75) is 44.1 Å². The van der Waals surface area contributed by atoms with Crippen LogP contribution in [-0.2, 0) is 13.1 Å². The van der Waals surface area contributed by atoms with Gasteiger partial charge in [0.25, 0.3) is 0 Å². The second-order valence-electron chi connectivity index (χ2n) is 12.2. The molecule has 1 aromatic carbocycles. The number of halogens is 5. The Hall–Kier alpha value is -3.43. The van der Waals surface area contributed by atoms with E-state index in [0.717, 1.165) is 37.4 Å². The molecule has 3 aromatic rings. The molecule has 5 heterocycles. The van der Waals surface area contributed by atoms with E-state index in [1.54, 1.807) is 12.1 Å². The lowest BCUT2D eigenvalue weighted by molar-refractivity contribution is -0.364. The number of hydrogen-bond acceptors (Lipinski definition) is 7. The molecule has 6 aliphatic rings. The Labute approximate surface area is 231 Å². The van der Waals surface area contributed by atoms with Gasteiger partial charge in [0, 0.05) is 48.7 Å². The zero-order valence-electron chi connectivity index (χ0n) is 21.2. The van der Waals surface area contributed by atoms with E-state index in [0.29, 0.717) is 35.7 Å². The molecule has 0 amide bonds. The van der Waals surface area contributed by atoms with E-state index in [-0.39, 0.29) is 30.4 Å². The molecule has 2 bridgehead atoms. The maximum atomic E-state index is 13.7. The van der Waals surface area contributed by atoms with Gasteiger partial charge in [-0.25, -0.2) is 9.37 Å². The van der Waals surface area contributed by atoms with Gasteiger partial charge in [0.2, 0.25) is 5.95 Å². The Kier molecular flexibility index (Phi) is 4.66. The van der Waals surface area contributed by atoms with Gasteiger partial charge in [-0.05, 0) is 55.2 Å². The molecule has 2 saturated heterocycles. The molecule has 40 heavy (non-hydrogen) atoms. The lowest BCUT2D eigenvalue weighted by Crippen LogP contribution is -2.78. The van der Waals surface area contributed by atoms with Crippen LogP contribution < -0.4 is 9.80 Å². The van der Waals surface area contributed by atoms with Crippen LogP contribution in [0, 0.1) is 28.0 Å². The van der Waals surface area contributed by atoms with E-state index < -0.39 is 22.9 Å². The van der Waals surface area contributed by atoms with Gasteiger partial charge in [-0.2, -0.15) is 18.4 Å². The van der Waals surface area contributed by atoms with Gasteiger partial charge in [-0.15, -0.1) is 10.2 Å². The van der Waals surface area contributed by atoms with Crippen LogP contribution in [0.2, 0.25) is 5.02 Å². The van der Waals surface area contributed by atoms with Crippen LogP contribution in [0.4, 0.5) is 29.3 Å². The van der Waals surface area contributed by atoms with Gasteiger partial charge in [0.1, 0.15) is 11.9 Å². The fraction of sp³-hybridized carbons (Fsp3) is 0.481. The third-order valence-corrected chi connectivity index (χ3v) is 9.85. The Balaban J connectivity index is 1.03. The van der Waals surface area contributed by atoms with Crippen molar-refractivity contribution < 1.29 is 17.6 Å². The highest BCUT2D eigenvalue weighted by atomic mass is 35.5. The molecule has 206 valence electrons. The number of nitrogens with zero attached hydrogens (tertiary/aromatic N) is 8. The summed E-state index contributed by atoms with van der Waals surface area (Å²) in [5.74, 6) is 1.38. The van der Waals surface area contributed by atoms with E-state index in [4.69, 9.17) is 16.9 Å². The van der Waals surface area contributed by atoms with Crippen LogP contribution in [0.3, 0.4) is 0 Å². The number of benzene rings is 1. The largest absolute Gasteiger partial charge is 0.394 e. The van der Waals surface area contributed by atoms with Gasteiger partial charge in [0.05, 0.1) is 17.6 Å². The molecule has 0 atom stereocenters. The number of aromatic nitrogens is 4. The third kappa shape index (κ3) is 3.19. The lowest BCUT2D eigenvalue weighted by atomic mass is 9.38. The lowest BCUT2D eigenvalue weighted by Gasteiger charge is -2.73. The Morgan fingerprint density at radius 2 is 1.68 bits per heavy atom. The molecule has 0 unspecified atom stereocenters. The van der Waals surface area contributed by atoms with Crippen LogP contribution in [0.15, 0.2) is 30.3 Å². The maximum absolute atomic E-state index is 13.7. The smallest absolute Gasteiger partial charge is 0.355 e. The summed E-state index contributed by atoms with van der Waals surface area (Å²) >= 11 is 6.36. The first kappa shape index (κ1) is 24.4. The second kappa shape index (κ2) is 7.64. The van der Waals surface area contributed by atoms with Crippen molar-refractivity contribution in [2.24, 2.45) is 10.8 Å². The van der Waals surface area contributed by atoms with Crippen LogP contribution in [0.5, 0.6) is 0 Å². The van der Waals surface area contributed by atoms with E-state index in [1.165, 1.54) is 6.07 Å². The van der Waals surface area contributed by atoms with Gasteiger partial charge in [-0.3, -0.25) is 9.47 Å². The summed E-state index contributed by atoms with van der Waals surface area (Å²) in [6, 6.07) is 10.3. The molecule has 3 aliphatic carbocycles. The predicted octanol–water partition coefficient (Wildman–Crippen LogP) is 4.45. The standard InChI is InChI=1S/C27H23ClF4N8/c28-17-1-3-20-16(5-17)7-39(26-9-25(10-26,11-26)27(30,31)32)8-22-35-36-23(40(20)22)38-14-24(15-38)12-37(13-24)21-4-2-18(29)19(6-33)34-21/h1-5H,7-15H2. The van der Waals surface area contributed by atoms with Gasteiger partial charge < -0.3 is 9.80 Å². The molecule has 5 fully saturated rings. The van der Waals surface area contributed by atoms with Crippen molar-refractivity contribution in [3.8, 4) is 11.8 Å². The van der Waals surface area contributed by atoms with Crippen molar-refractivity contribution in [2.75, 3.05) is 36.0 Å². The minimum Gasteiger partial charge on any atom is -0.355 e. The highest BCUT2D eigenvalue weighted by Gasteiger charge is 2.80. The third-order valence-electron chi connectivity index (χ3n) is 9.61. The second-order valence-corrected chi connectivity index (χ2v) is 12.7. The predicted molar refractivity (Wildman–Crippen MR) is 136 cm³/mol. The average Bonchev–Trinajstić information content (AvgIpc) is 3.11. The molecule has 0 N–H and O–H groups in total. The molecule has 8 nitrogen and oxygen atoms in total. The van der Waals surface area contributed by atoms with Crippen molar-refractivity contribution in [3.63, 3.8) is 0 Å². The molecule has 1 spiro atoms. The van der Waals surface area contributed by atoms with E-state index in [1.807, 2.05) is 27.7 Å². The highest BCUT2D eigenvalue weighted by molar-refractivity contribution is 6.30. The topological polar surface area (TPSA) is 77.1 Å². The quantitative estimate of drug-likeness (QED) is 0.431. The summed E-state index contributed by atoms with van der Waals surface area (Å²) in [4.78, 5) is 10.5. The number of pyridine rings is 1. The first-order valence-corrected chi connectivity index (χ1v) is 13.5. The summed E-state index contributed by atoms with van der Waals surface area (Å²) in [6.07, 6.45) is -3.77. The Morgan fingerprint density at radius 1 is 0.950 bits per heavy atom. The maximum Gasteiger partial charge on any atom is 0.394 e. The number of rotatable bonds is 3. The number of nitriles is 1. The van der Waals surface area contributed by atoms with Gasteiger partial charge in [0.15, 0.2) is 17.3 Å². The van der Waals surface area contributed by atoms with Crippen molar-refractivity contribution in [1.29, 1.82) is 5.26 Å². The molecular weight excluding hydrogens is 548 g/mol. The first-order valence-electron chi connectivity index (χ1n) is 13.1. The number of anilines is 2. The fourth-order valence-corrected chi connectivity index (χ4v) is 7.81. The first-order chi connectivity index (χ1) is 19.0. The molecule has 0 radical (unpaired) electrons. The Bertz CT molecular complexity index is 1590. The van der Waals surface area contributed by atoms with E-state index >= 15 is 0 Å². The van der Waals surface area contributed by atoms with Gasteiger partial charge in [-0.1, -0.05) is 11.6 Å². The molecule has 9 rings (SSSR count). The van der Waals surface area contributed by atoms with E-state index in [9.17, 15) is 17.6 Å². The zero-order valence-corrected chi connectivity index (χ0v) is 22.0. The Morgan fingerprint density at radius 3 is 2.38 bits per heavy atom. The molecule has 13 heteroatoms.